The number of allylic oxidation sites excluding steroid dienone is 1. The van der Waals surface area contributed by atoms with Gasteiger partial charge in [-0.2, -0.15) is 9.81 Å². The van der Waals surface area contributed by atoms with E-state index in [0.717, 1.165) is 12.8 Å². The molecule has 31 heavy (non-hydrogen) atoms. The van der Waals surface area contributed by atoms with Crippen molar-refractivity contribution in [3.8, 4) is 0 Å². The number of cyclic esters (lactones) is 1. The largest absolute Gasteiger partial charge is 0.458 e. The molecule has 0 unspecified atom stereocenters. The number of esters is 1. The van der Waals surface area contributed by atoms with Gasteiger partial charge in [-0.3, -0.25) is 4.79 Å². The molecular weight excluding hydrogens is 396 g/mol. The molecule has 0 saturated carbocycles. The van der Waals surface area contributed by atoms with Crippen molar-refractivity contribution in [2.45, 2.75) is 78.5 Å². The zero-order valence-corrected chi connectivity index (χ0v) is 19.4. The molecule has 1 fully saturated rings. The number of hydrogen-bond donors (Lipinski definition) is 0. The Balaban J connectivity index is 3.44. The van der Waals surface area contributed by atoms with Gasteiger partial charge in [0.15, 0.2) is 5.78 Å². The second kappa shape index (κ2) is 11.8. The third kappa shape index (κ3) is 6.28. The summed E-state index contributed by atoms with van der Waals surface area (Å²) in [4.78, 5) is 49.1. The van der Waals surface area contributed by atoms with Crippen LogP contribution in [0.1, 0.15) is 60.3 Å². The lowest BCUT2D eigenvalue weighted by Crippen LogP contribution is -2.38. The molecule has 0 aromatic rings. The Morgan fingerprint density at radius 1 is 1.00 bits per heavy atom. The van der Waals surface area contributed by atoms with Gasteiger partial charge >= 0.3 is 5.97 Å². The highest BCUT2D eigenvalue weighted by Gasteiger charge is 2.39. The van der Waals surface area contributed by atoms with Crippen LogP contribution in [0.15, 0.2) is 46.8 Å². The van der Waals surface area contributed by atoms with Gasteiger partial charge in [0.1, 0.15) is 12.1 Å². The summed E-state index contributed by atoms with van der Waals surface area (Å²) in [6.07, 6.45) is 2.09. The Bertz CT molecular complexity index is 744. The van der Waals surface area contributed by atoms with Gasteiger partial charge in [-0.1, -0.05) is 77.6 Å². The quantitative estimate of drug-likeness (QED) is 0.322. The van der Waals surface area contributed by atoms with Crippen LogP contribution in [0.4, 0.5) is 0 Å². The minimum Gasteiger partial charge on any atom is -0.458 e. The topological polar surface area (TPSA) is 102 Å². The van der Waals surface area contributed by atoms with Crippen LogP contribution in [-0.2, 0) is 14.3 Å². The number of ketones is 1. The van der Waals surface area contributed by atoms with E-state index in [4.69, 9.17) is 4.74 Å². The van der Waals surface area contributed by atoms with Crippen LogP contribution in [0.5, 0.6) is 0 Å². The summed E-state index contributed by atoms with van der Waals surface area (Å²) in [7, 11) is 0. The predicted octanol–water partition coefficient (Wildman–Crippen LogP) is 5.54. The monoisotopic (exact) mass is 432 g/mol. The van der Waals surface area contributed by atoms with Crippen LogP contribution in [0.2, 0.25) is 0 Å². The number of hydrogen-bond acceptors (Lipinski definition) is 7. The number of ether oxygens (including phenoxy) is 1. The fourth-order valence-corrected chi connectivity index (χ4v) is 4.29. The third-order valence-electron chi connectivity index (χ3n) is 6.54. The molecule has 0 N–H and O–H groups in total. The average molecular weight is 433 g/mol. The smallest absolute Gasteiger partial charge is 0.336 e. The molecule has 0 amide bonds. The lowest BCUT2D eigenvalue weighted by atomic mass is 9.77. The minimum atomic E-state index is -1.15. The van der Waals surface area contributed by atoms with E-state index in [0.29, 0.717) is 24.0 Å². The summed E-state index contributed by atoms with van der Waals surface area (Å²) >= 11 is 0. The lowest BCUT2D eigenvalue weighted by molar-refractivity contribution is -0.147. The Morgan fingerprint density at radius 3 is 2.13 bits per heavy atom. The van der Waals surface area contributed by atoms with Gasteiger partial charge in [-0.25, -0.2) is 4.79 Å². The minimum absolute atomic E-state index is 0.0947. The van der Waals surface area contributed by atoms with E-state index in [1.54, 1.807) is 20.8 Å². The van der Waals surface area contributed by atoms with Crippen molar-refractivity contribution in [2.75, 3.05) is 0 Å². The molecule has 1 aliphatic heterocycles. The molecule has 172 valence electrons. The Hall–Kier alpha value is -2.44. The van der Waals surface area contributed by atoms with E-state index in [1.165, 1.54) is 0 Å². The van der Waals surface area contributed by atoms with Gasteiger partial charge < -0.3 is 4.74 Å². The van der Waals surface area contributed by atoms with Crippen LogP contribution in [-0.4, -0.2) is 29.9 Å². The fourth-order valence-electron chi connectivity index (χ4n) is 4.29. The second-order valence-corrected chi connectivity index (χ2v) is 8.89. The molecule has 1 saturated heterocycles. The number of Topliss-reactive ketones (excluding diaryl/α,β-unsaturated/α-hetero) is 1. The van der Waals surface area contributed by atoms with E-state index < -0.39 is 36.0 Å². The van der Waals surface area contributed by atoms with Gasteiger partial charge in [0.05, 0.1) is 11.6 Å². The summed E-state index contributed by atoms with van der Waals surface area (Å²) in [6, 6.07) is -1.97. The first-order chi connectivity index (χ1) is 14.5. The van der Waals surface area contributed by atoms with Crippen molar-refractivity contribution in [3.63, 3.8) is 0 Å². The summed E-state index contributed by atoms with van der Waals surface area (Å²) < 4.78 is 5.72. The molecule has 0 aliphatic carbocycles. The zero-order chi connectivity index (χ0) is 23.9. The second-order valence-electron chi connectivity index (χ2n) is 8.89. The highest BCUT2D eigenvalue weighted by atomic mass is 16.5. The molecule has 0 spiro atoms. The molecule has 7 nitrogen and oxygen atoms in total. The van der Waals surface area contributed by atoms with Crippen LogP contribution < -0.4 is 0 Å². The van der Waals surface area contributed by atoms with E-state index in [-0.39, 0.29) is 23.2 Å². The normalized spacial score (nSPS) is 34.1. The van der Waals surface area contributed by atoms with Crippen molar-refractivity contribution in [1.82, 2.24) is 0 Å². The summed E-state index contributed by atoms with van der Waals surface area (Å²) in [5.74, 6) is -2.63. The Labute approximate surface area is 185 Å². The molecular formula is C24H36N2O5. The molecule has 1 rings (SSSR count). The van der Waals surface area contributed by atoms with Crippen molar-refractivity contribution in [3.05, 3.63) is 46.3 Å². The number of nitrogens with zero attached hydrogens (tertiary/aromatic N) is 2. The van der Waals surface area contributed by atoms with Crippen molar-refractivity contribution in [2.24, 2.45) is 34.0 Å². The maximum absolute atomic E-state index is 13.0. The fraction of sp³-hybridized carbons (Fsp3) is 0.667. The predicted molar refractivity (Wildman–Crippen MR) is 122 cm³/mol. The van der Waals surface area contributed by atoms with Crippen molar-refractivity contribution >= 4 is 11.8 Å². The first-order valence-electron chi connectivity index (χ1n) is 11.0. The highest BCUT2D eigenvalue weighted by molar-refractivity contribution is 6.00. The van der Waals surface area contributed by atoms with Crippen LogP contribution in [0.25, 0.3) is 0 Å². The molecule has 0 radical (unpaired) electrons. The Morgan fingerprint density at radius 2 is 1.61 bits per heavy atom. The Kier molecular flexibility index (Phi) is 10.1. The molecule has 7 heteroatoms. The molecule has 0 bridgehead atoms. The molecule has 0 aromatic carbocycles. The van der Waals surface area contributed by atoms with Crippen molar-refractivity contribution in [1.29, 1.82) is 0 Å². The lowest BCUT2D eigenvalue weighted by Gasteiger charge is -2.31. The number of nitroso groups, excluding NO2 is 2. The van der Waals surface area contributed by atoms with Crippen LogP contribution in [0.3, 0.4) is 0 Å². The van der Waals surface area contributed by atoms with Gasteiger partial charge in [0.2, 0.25) is 0 Å². The van der Waals surface area contributed by atoms with E-state index in [1.807, 2.05) is 13.8 Å². The number of unbranched alkanes of at least 4 members (excludes halogenated alkanes) is 1. The van der Waals surface area contributed by atoms with E-state index in [9.17, 15) is 19.4 Å². The number of carbonyl (C=O) groups is 2. The molecule has 0 aromatic heterocycles. The van der Waals surface area contributed by atoms with Crippen molar-refractivity contribution < 1.29 is 14.3 Å². The van der Waals surface area contributed by atoms with Gasteiger partial charge in [0, 0.05) is 23.3 Å². The zero-order valence-electron chi connectivity index (χ0n) is 19.4. The number of carbonyl (C=O) groups excluding carboxylic acids is 2. The van der Waals surface area contributed by atoms with E-state index in [2.05, 4.69) is 30.1 Å². The van der Waals surface area contributed by atoms with Crippen LogP contribution in [0, 0.1) is 33.5 Å². The van der Waals surface area contributed by atoms with Gasteiger partial charge in [-0.05, 0) is 24.3 Å². The van der Waals surface area contributed by atoms with Gasteiger partial charge in [0.25, 0.3) is 0 Å². The SMILES string of the molecule is C=C1C(=C)[C@@H](C)[C@@H](CCCC)OC(=O)C(=C)[C@@H](N=O)[C@H](C)[C@@H](N=O)[C@@H](C)C[C@@H](C)C1=O. The van der Waals surface area contributed by atoms with Gasteiger partial charge in [-0.15, -0.1) is 0 Å². The maximum atomic E-state index is 13.0. The number of rotatable bonds is 5. The van der Waals surface area contributed by atoms with E-state index >= 15 is 0 Å². The summed E-state index contributed by atoms with van der Waals surface area (Å²) in [5.41, 5.74) is 0.726. The average Bonchev–Trinajstić information content (AvgIpc) is 2.74. The van der Waals surface area contributed by atoms with Crippen LogP contribution >= 0.6 is 0 Å². The maximum Gasteiger partial charge on any atom is 0.336 e. The standard InChI is InChI=1S/C24H36N2O5/c1-9-10-11-20-16(5)15(4)17(6)23(27)14(3)12-13(2)21(25-29)18(7)22(26-30)19(8)24(28)31-20/h13-14,16,18,20-22H,4,6,8-12H2,1-3,5,7H3/t13-,14+,16+,18+,20+,21-,22-/m0/s1. The molecule has 1 aliphatic rings. The summed E-state index contributed by atoms with van der Waals surface area (Å²) in [5, 5.41) is 6.29. The first-order valence-corrected chi connectivity index (χ1v) is 11.0. The molecule has 7 atom stereocenters. The highest BCUT2D eigenvalue weighted by Crippen LogP contribution is 2.34. The summed E-state index contributed by atoms with van der Waals surface area (Å²) in [6.45, 7) is 20.9. The third-order valence-corrected chi connectivity index (χ3v) is 6.54. The molecule has 1 heterocycles. The first kappa shape index (κ1) is 26.6.